The van der Waals surface area contributed by atoms with Crippen molar-refractivity contribution in [3.8, 4) is 0 Å². The average molecular weight is 273 g/mol. The summed E-state index contributed by atoms with van der Waals surface area (Å²) >= 11 is 7.87. The molecule has 17 heavy (non-hydrogen) atoms. The maximum absolute atomic E-state index is 6.00. The van der Waals surface area contributed by atoms with Crippen LogP contribution in [-0.2, 0) is 6.54 Å². The van der Waals surface area contributed by atoms with Gasteiger partial charge in [0.2, 0.25) is 0 Å². The number of hydrogen-bond acceptors (Lipinski definition) is 3. The zero-order valence-corrected chi connectivity index (χ0v) is 12.3. The van der Waals surface area contributed by atoms with Crippen molar-refractivity contribution in [2.24, 2.45) is 5.73 Å². The Hall–Kier alpha value is -0.380. The first-order valence-electron chi connectivity index (χ1n) is 5.84. The lowest BCUT2D eigenvalue weighted by molar-refractivity contribution is 0.670. The predicted molar refractivity (Wildman–Crippen MR) is 80.2 cm³/mol. The van der Waals surface area contributed by atoms with Crippen molar-refractivity contribution in [1.29, 1.82) is 0 Å². The molecule has 1 unspecified atom stereocenters. The van der Waals surface area contributed by atoms with E-state index in [0.717, 1.165) is 22.8 Å². The third-order valence-electron chi connectivity index (χ3n) is 3.02. The van der Waals surface area contributed by atoms with E-state index in [1.807, 2.05) is 23.9 Å². The Labute approximate surface area is 114 Å². The van der Waals surface area contributed by atoms with Gasteiger partial charge in [-0.2, -0.15) is 11.8 Å². The third-order valence-corrected chi connectivity index (χ3v) is 3.97. The smallest absolute Gasteiger partial charge is 0.0412 e. The van der Waals surface area contributed by atoms with Crippen LogP contribution in [0.5, 0.6) is 0 Å². The summed E-state index contributed by atoms with van der Waals surface area (Å²) in [6.07, 6.45) is 3.27. The molecule has 0 aromatic heterocycles. The second kappa shape index (κ2) is 7.14. The Morgan fingerprint density at radius 3 is 2.71 bits per heavy atom. The van der Waals surface area contributed by atoms with E-state index in [2.05, 4.69) is 31.2 Å². The fourth-order valence-corrected chi connectivity index (χ4v) is 2.99. The Morgan fingerprint density at radius 2 is 2.18 bits per heavy atom. The van der Waals surface area contributed by atoms with Gasteiger partial charge in [-0.25, -0.2) is 0 Å². The largest absolute Gasteiger partial charge is 0.371 e. The van der Waals surface area contributed by atoms with Crippen molar-refractivity contribution >= 4 is 29.1 Å². The molecule has 4 heteroatoms. The maximum atomic E-state index is 6.00. The van der Waals surface area contributed by atoms with Gasteiger partial charge >= 0.3 is 0 Å². The summed E-state index contributed by atoms with van der Waals surface area (Å²) in [4.78, 5) is 2.31. The fraction of sp³-hybridized carbons (Fsp3) is 0.538. The molecular formula is C13H21ClN2S. The van der Waals surface area contributed by atoms with Gasteiger partial charge < -0.3 is 10.6 Å². The highest BCUT2D eigenvalue weighted by atomic mass is 35.5. The molecule has 2 nitrogen and oxygen atoms in total. The standard InChI is InChI=1S/C13H21ClN2S/c1-4-12(9-17-3)16(2)13-6-5-11(14)7-10(13)8-15/h5-7,12H,4,8-9,15H2,1-3H3. The summed E-state index contributed by atoms with van der Waals surface area (Å²) in [6.45, 7) is 2.74. The molecule has 0 heterocycles. The SMILES string of the molecule is CCC(CSC)N(C)c1ccc(Cl)cc1CN. The van der Waals surface area contributed by atoms with Gasteiger partial charge in [0, 0.05) is 36.1 Å². The maximum Gasteiger partial charge on any atom is 0.0412 e. The zero-order valence-electron chi connectivity index (χ0n) is 10.7. The van der Waals surface area contributed by atoms with Crippen LogP contribution >= 0.6 is 23.4 Å². The quantitative estimate of drug-likeness (QED) is 0.861. The molecule has 0 saturated heterocycles. The highest BCUT2D eigenvalue weighted by Gasteiger charge is 2.15. The Morgan fingerprint density at radius 1 is 1.47 bits per heavy atom. The van der Waals surface area contributed by atoms with Crippen LogP contribution in [0.15, 0.2) is 18.2 Å². The number of rotatable bonds is 6. The van der Waals surface area contributed by atoms with Crippen LogP contribution in [0.1, 0.15) is 18.9 Å². The number of thioether (sulfide) groups is 1. The van der Waals surface area contributed by atoms with E-state index in [0.29, 0.717) is 12.6 Å². The summed E-state index contributed by atoms with van der Waals surface area (Å²) in [5.74, 6) is 1.12. The molecule has 0 radical (unpaired) electrons. The first-order chi connectivity index (χ1) is 8.13. The van der Waals surface area contributed by atoms with E-state index in [-0.39, 0.29) is 0 Å². The second-order valence-corrected chi connectivity index (χ2v) is 5.45. The van der Waals surface area contributed by atoms with Crippen LogP contribution in [-0.4, -0.2) is 25.1 Å². The van der Waals surface area contributed by atoms with Crippen molar-refractivity contribution < 1.29 is 0 Å². The molecular weight excluding hydrogens is 252 g/mol. The second-order valence-electron chi connectivity index (χ2n) is 4.11. The van der Waals surface area contributed by atoms with Crippen molar-refractivity contribution in [3.05, 3.63) is 28.8 Å². The van der Waals surface area contributed by atoms with Gasteiger partial charge in [0.25, 0.3) is 0 Å². The van der Waals surface area contributed by atoms with E-state index in [9.17, 15) is 0 Å². The molecule has 1 aromatic carbocycles. The highest BCUT2D eigenvalue weighted by molar-refractivity contribution is 7.98. The van der Waals surface area contributed by atoms with Gasteiger partial charge in [0.05, 0.1) is 0 Å². The van der Waals surface area contributed by atoms with Crippen LogP contribution < -0.4 is 10.6 Å². The van der Waals surface area contributed by atoms with Gasteiger partial charge in [-0.15, -0.1) is 0 Å². The van der Waals surface area contributed by atoms with Gasteiger partial charge in [0.1, 0.15) is 0 Å². The molecule has 2 N–H and O–H groups in total. The molecule has 1 rings (SSSR count). The Bertz CT molecular complexity index is 357. The normalized spacial score (nSPS) is 12.5. The van der Waals surface area contributed by atoms with Crippen LogP contribution in [0.25, 0.3) is 0 Å². The number of anilines is 1. The minimum atomic E-state index is 0.524. The highest BCUT2D eigenvalue weighted by Crippen LogP contribution is 2.26. The molecule has 0 aliphatic heterocycles. The van der Waals surface area contributed by atoms with Crippen LogP contribution in [0.4, 0.5) is 5.69 Å². The number of hydrogen-bond donors (Lipinski definition) is 1. The molecule has 0 saturated carbocycles. The minimum absolute atomic E-state index is 0.524. The van der Waals surface area contributed by atoms with Crippen LogP contribution in [0, 0.1) is 0 Å². The molecule has 0 spiro atoms. The number of nitrogens with zero attached hydrogens (tertiary/aromatic N) is 1. The lowest BCUT2D eigenvalue weighted by atomic mass is 10.1. The summed E-state index contributed by atoms with van der Waals surface area (Å²) in [6, 6.07) is 6.49. The van der Waals surface area contributed by atoms with Crippen LogP contribution in [0.2, 0.25) is 5.02 Å². The van der Waals surface area contributed by atoms with Gasteiger partial charge in [-0.05, 0) is 36.4 Å². The molecule has 0 bridgehead atoms. The Balaban J connectivity index is 2.97. The molecule has 1 atom stereocenters. The molecule has 0 amide bonds. The summed E-state index contributed by atoms with van der Waals surface area (Å²) < 4.78 is 0. The molecule has 0 aliphatic rings. The van der Waals surface area contributed by atoms with Gasteiger partial charge in [0.15, 0.2) is 0 Å². The fourth-order valence-electron chi connectivity index (χ4n) is 1.95. The molecule has 1 aromatic rings. The molecule has 0 fully saturated rings. The summed E-state index contributed by atoms with van der Waals surface area (Å²) in [7, 11) is 2.13. The first kappa shape index (κ1) is 14.7. The topological polar surface area (TPSA) is 29.3 Å². The van der Waals surface area contributed by atoms with Crippen molar-refractivity contribution in [2.75, 3.05) is 24.0 Å². The average Bonchev–Trinajstić information content (AvgIpc) is 2.34. The number of halogens is 1. The van der Waals surface area contributed by atoms with E-state index in [1.165, 1.54) is 5.69 Å². The monoisotopic (exact) mass is 272 g/mol. The van der Waals surface area contributed by atoms with Crippen molar-refractivity contribution in [1.82, 2.24) is 0 Å². The third kappa shape index (κ3) is 3.80. The van der Waals surface area contributed by atoms with Crippen molar-refractivity contribution in [2.45, 2.75) is 25.9 Å². The lowest BCUT2D eigenvalue weighted by Crippen LogP contribution is -2.34. The molecule has 96 valence electrons. The Kier molecular flexibility index (Phi) is 6.17. The summed E-state index contributed by atoms with van der Waals surface area (Å²) in [5, 5.41) is 0.750. The minimum Gasteiger partial charge on any atom is -0.371 e. The van der Waals surface area contributed by atoms with Gasteiger partial charge in [-0.1, -0.05) is 18.5 Å². The first-order valence-corrected chi connectivity index (χ1v) is 7.61. The van der Waals surface area contributed by atoms with E-state index < -0.39 is 0 Å². The number of nitrogens with two attached hydrogens (primary N) is 1. The summed E-state index contributed by atoms with van der Waals surface area (Å²) in [5.41, 5.74) is 8.09. The van der Waals surface area contributed by atoms with Crippen molar-refractivity contribution in [3.63, 3.8) is 0 Å². The van der Waals surface area contributed by atoms with Gasteiger partial charge in [-0.3, -0.25) is 0 Å². The number of benzene rings is 1. The zero-order chi connectivity index (χ0) is 12.8. The van der Waals surface area contributed by atoms with E-state index >= 15 is 0 Å². The molecule has 0 aliphatic carbocycles. The predicted octanol–water partition coefficient (Wildman–Crippen LogP) is 3.38. The van der Waals surface area contributed by atoms with E-state index in [1.54, 1.807) is 0 Å². The van der Waals surface area contributed by atoms with E-state index in [4.69, 9.17) is 17.3 Å². The van der Waals surface area contributed by atoms with Crippen LogP contribution in [0.3, 0.4) is 0 Å². The lowest BCUT2D eigenvalue weighted by Gasteiger charge is -2.30.